The lowest BCUT2D eigenvalue weighted by Crippen LogP contribution is -2.40. The van der Waals surface area contributed by atoms with Gasteiger partial charge in [0.1, 0.15) is 17.7 Å². The van der Waals surface area contributed by atoms with Gasteiger partial charge in [0.15, 0.2) is 11.8 Å². The molecule has 4 unspecified atom stereocenters. The van der Waals surface area contributed by atoms with E-state index in [0.717, 1.165) is 35.4 Å². The predicted octanol–water partition coefficient (Wildman–Crippen LogP) is 6.18. The number of nitrogens with zero attached hydrogens (tertiary/aromatic N) is 2. The summed E-state index contributed by atoms with van der Waals surface area (Å²) >= 11 is 0. The van der Waals surface area contributed by atoms with Crippen LogP contribution in [0.4, 0.5) is 11.4 Å². The molecular formula is C36H51N4O4+. The van der Waals surface area contributed by atoms with Gasteiger partial charge in [-0.15, -0.1) is 0 Å². The van der Waals surface area contributed by atoms with Crippen LogP contribution in [0, 0.1) is 11.3 Å². The van der Waals surface area contributed by atoms with Crippen LogP contribution in [0.1, 0.15) is 99.6 Å². The number of amides is 2. The van der Waals surface area contributed by atoms with Crippen molar-refractivity contribution in [3.63, 3.8) is 0 Å². The molecule has 0 aromatic heterocycles. The number of aliphatic hydroxyl groups is 1. The Bertz CT molecular complexity index is 1490. The van der Waals surface area contributed by atoms with Gasteiger partial charge < -0.3 is 20.6 Å². The molecule has 1 aromatic rings. The first-order valence-corrected chi connectivity index (χ1v) is 16.1. The maximum absolute atomic E-state index is 14.1. The number of allylic oxidation sites excluding steroid dienone is 3. The summed E-state index contributed by atoms with van der Waals surface area (Å²) in [6.45, 7) is 23.1. The van der Waals surface area contributed by atoms with Gasteiger partial charge in [-0.3, -0.25) is 14.4 Å². The highest BCUT2D eigenvalue weighted by Gasteiger charge is 2.53. The molecular weight excluding hydrogens is 552 g/mol. The first-order chi connectivity index (χ1) is 20.6. The number of carbonyl (C=O) groups is 3. The van der Waals surface area contributed by atoms with E-state index in [-0.39, 0.29) is 52.6 Å². The smallest absolute Gasteiger partial charge is 0.221 e. The van der Waals surface area contributed by atoms with Crippen LogP contribution in [0.15, 0.2) is 46.9 Å². The van der Waals surface area contributed by atoms with Crippen molar-refractivity contribution in [1.82, 2.24) is 5.32 Å². The van der Waals surface area contributed by atoms with Crippen LogP contribution in [-0.2, 0) is 20.8 Å². The Balaban J connectivity index is 1.86. The zero-order valence-electron chi connectivity index (χ0n) is 28.3. The molecule has 1 heterocycles. The van der Waals surface area contributed by atoms with Crippen LogP contribution in [0.25, 0.3) is 0 Å². The van der Waals surface area contributed by atoms with Crippen molar-refractivity contribution >= 4 is 35.2 Å². The molecule has 0 radical (unpaired) electrons. The second-order valence-electron chi connectivity index (χ2n) is 13.7. The molecule has 44 heavy (non-hydrogen) atoms. The quantitative estimate of drug-likeness (QED) is 0.207. The maximum Gasteiger partial charge on any atom is 0.221 e. The highest BCUT2D eigenvalue weighted by Crippen LogP contribution is 2.50. The van der Waals surface area contributed by atoms with Crippen molar-refractivity contribution in [3.05, 3.63) is 58.0 Å². The summed E-state index contributed by atoms with van der Waals surface area (Å²) in [5.41, 5.74) is 5.97. The van der Waals surface area contributed by atoms with Crippen LogP contribution >= 0.6 is 0 Å². The molecule has 0 fully saturated rings. The number of aliphatic hydroxyl groups excluding tert-OH is 1. The minimum atomic E-state index is -0.895. The van der Waals surface area contributed by atoms with E-state index in [1.807, 2.05) is 18.2 Å². The number of fused-ring (bicyclic) bond motifs is 1. The lowest BCUT2D eigenvalue weighted by atomic mass is 9.67. The fourth-order valence-electron chi connectivity index (χ4n) is 7.39. The van der Waals surface area contributed by atoms with Gasteiger partial charge in [-0.05, 0) is 85.4 Å². The molecule has 8 heteroatoms. The Hall–Kier alpha value is -3.68. The molecule has 0 bridgehead atoms. The van der Waals surface area contributed by atoms with E-state index in [1.54, 1.807) is 0 Å². The standard InChI is InChI=1S/C36H50N4O4/c1-12-21(7)39(19(3)4)30-16-28(37-18-41)25(14-24(30)13-2)32-34(43)33(35(32)44)26-15-27-31(17-29(26)38-23(9)42)40(20(5)6)22(8)36(27,10)11/h14-22,26,32H,12-13H2,1-11H3,(H2,37,41,43,44)/p+1. The first-order valence-electron chi connectivity index (χ1n) is 16.1. The highest BCUT2D eigenvalue weighted by molar-refractivity contribution is 6.14. The van der Waals surface area contributed by atoms with Crippen molar-refractivity contribution in [3.8, 4) is 0 Å². The SMILES string of the molecule is CCc1cc(C2C(=O)C(C3C=C4C(=[N+](C(C)C)C(C)C4(C)C)C=C3NC(C)=O)=C2O)c(NC=O)cc1N(C(C)C)C(C)CC. The molecule has 1 aromatic carbocycles. The van der Waals surface area contributed by atoms with Crippen LogP contribution in [0.3, 0.4) is 0 Å². The average molecular weight is 604 g/mol. The lowest BCUT2D eigenvalue weighted by molar-refractivity contribution is -0.593. The molecule has 4 atom stereocenters. The number of anilines is 2. The number of Topliss-reactive ketones (excluding diaryl/α,β-unsaturated/α-hetero) is 1. The molecule has 3 aliphatic rings. The van der Waals surface area contributed by atoms with Crippen LogP contribution < -0.4 is 15.5 Å². The van der Waals surface area contributed by atoms with E-state index in [1.165, 1.54) is 6.92 Å². The molecule has 2 aliphatic carbocycles. The second kappa shape index (κ2) is 12.4. The fraction of sp³-hybridized carbons (Fsp3) is 0.556. The van der Waals surface area contributed by atoms with Crippen LogP contribution in [0.2, 0.25) is 0 Å². The summed E-state index contributed by atoms with van der Waals surface area (Å²) in [6.07, 6.45) is 6.33. The zero-order chi connectivity index (χ0) is 32.8. The molecule has 8 nitrogen and oxygen atoms in total. The molecule has 3 N–H and O–H groups in total. The van der Waals surface area contributed by atoms with Gasteiger partial charge in [0.2, 0.25) is 18.0 Å². The van der Waals surface area contributed by atoms with Crippen molar-refractivity contribution in [2.45, 2.75) is 119 Å². The summed E-state index contributed by atoms with van der Waals surface area (Å²) in [4.78, 5) is 40.5. The molecule has 238 valence electrons. The minimum Gasteiger partial charge on any atom is -0.511 e. The number of hydrogen-bond acceptors (Lipinski definition) is 5. The van der Waals surface area contributed by atoms with Crippen LogP contribution in [0.5, 0.6) is 0 Å². The summed E-state index contributed by atoms with van der Waals surface area (Å²) in [6, 6.07) is 4.85. The summed E-state index contributed by atoms with van der Waals surface area (Å²) in [5.74, 6) is -1.95. The van der Waals surface area contributed by atoms with Gasteiger partial charge in [-0.1, -0.05) is 26.0 Å². The molecule has 1 aliphatic heterocycles. The van der Waals surface area contributed by atoms with E-state index in [0.29, 0.717) is 23.4 Å². The van der Waals surface area contributed by atoms with Crippen molar-refractivity contribution in [2.24, 2.45) is 11.3 Å². The number of carbonyl (C=O) groups excluding carboxylic acids is 3. The third kappa shape index (κ3) is 5.41. The lowest BCUT2D eigenvalue weighted by Gasteiger charge is -2.38. The average Bonchev–Trinajstić information content (AvgIpc) is 3.13. The van der Waals surface area contributed by atoms with E-state index in [2.05, 4.69) is 95.4 Å². The minimum absolute atomic E-state index is 0.0208. The summed E-state index contributed by atoms with van der Waals surface area (Å²) < 4.78 is 2.36. The first kappa shape index (κ1) is 33.2. The number of ketones is 1. The van der Waals surface area contributed by atoms with Gasteiger partial charge in [-0.25, -0.2) is 4.58 Å². The van der Waals surface area contributed by atoms with E-state index in [4.69, 9.17) is 0 Å². The fourth-order valence-corrected chi connectivity index (χ4v) is 7.39. The molecule has 4 rings (SSSR count). The summed E-state index contributed by atoms with van der Waals surface area (Å²) in [7, 11) is 0. The Morgan fingerprint density at radius 1 is 1.16 bits per heavy atom. The van der Waals surface area contributed by atoms with E-state index < -0.39 is 11.8 Å². The predicted molar refractivity (Wildman–Crippen MR) is 177 cm³/mol. The molecule has 0 saturated heterocycles. The third-order valence-electron chi connectivity index (χ3n) is 9.99. The van der Waals surface area contributed by atoms with Crippen molar-refractivity contribution < 1.29 is 24.1 Å². The van der Waals surface area contributed by atoms with Gasteiger partial charge in [0, 0.05) is 53.3 Å². The number of rotatable bonds is 11. The van der Waals surface area contributed by atoms with Crippen LogP contribution in [-0.4, -0.2) is 57.7 Å². The number of benzene rings is 1. The second-order valence-corrected chi connectivity index (χ2v) is 13.7. The van der Waals surface area contributed by atoms with E-state index >= 15 is 0 Å². The van der Waals surface area contributed by atoms with E-state index in [9.17, 15) is 19.5 Å². The topological polar surface area (TPSA) is 102 Å². The number of hydrogen-bond donors (Lipinski definition) is 3. The zero-order valence-corrected chi connectivity index (χ0v) is 28.3. The van der Waals surface area contributed by atoms with Gasteiger partial charge in [0.05, 0.1) is 11.3 Å². The molecule has 2 amide bonds. The summed E-state index contributed by atoms with van der Waals surface area (Å²) in [5, 5.41) is 17.4. The Labute approximate surface area is 263 Å². The maximum atomic E-state index is 14.1. The Kier molecular flexibility index (Phi) is 9.34. The molecule has 0 spiro atoms. The Morgan fingerprint density at radius 2 is 1.82 bits per heavy atom. The number of nitrogens with one attached hydrogen (secondary N) is 2. The van der Waals surface area contributed by atoms with Gasteiger partial charge in [-0.2, -0.15) is 0 Å². The van der Waals surface area contributed by atoms with Crippen molar-refractivity contribution in [2.75, 3.05) is 10.2 Å². The monoisotopic (exact) mass is 603 g/mol. The largest absolute Gasteiger partial charge is 0.511 e. The number of aryl methyl sites for hydroxylation is 1. The van der Waals surface area contributed by atoms with Crippen molar-refractivity contribution in [1.29, 1.82) is 0 Å². The van der Waals surface area contributed by atoms with Gasteiger partial charge in [0.25, 0.3) is 0 Å². The third-order valence-corrected chi connectivity index (χ3v) is 9.99. The van der Waals surface area contributed by atoms with Gasteiger partial charge >= 0.3 is 0 Å². The molecule has 0 saturated carbocycles. The normalized spacial score (nSPS) is 23.3. The highest BCUT2D eigenvalue weighted by atomic mass is 16.3. The Morgan fingerprint density at radius 3 is 2.32 bits per heavy atom.